The van der Waals surface area contributed by atoms with E-state index in [1.54, 1.807) is 18.2 Å². The number of rotatable bonds is 4. The van der Waals surface area contributed by atoms with Crippen molar-refractivity contribution in [2.24, 2.45) is 0 Å². The van der Waals surface area contributed by atoms with Crippen molar-refractivity contribution in [3.05, 3.63) is 52.6 Å². The number of amides is 1. The second-order valence-corrected chi connectivity index (χ2v) is 4.27. The number of carbonyl (C=O) groups is 1. The molecule has 2 rings (SSSR count). The Hall–Kier alpha value is -2.50. The molecule has 0 unspecified atom stereocenters. The summed E-state index contributed by atoms with van der Waals surface area (Å²) in [7, 11) is 0. The van der Waals surface area contributed by atoms with Gasteiger partial charge >= 0.3 is 0 Å². The molecule has 2 aromatic rings. The van der Waals surface area contributed by atoms with E-state index in [0.29, 0.717) is 12.2 Å². The van der Waals surface area contributed by atoms with E-state index in [2.05, 4.69) is 10.4 Å². The van der Waals surface area contributed by atoms with Crippen LogP contribution in [0.25, 0.3) is 11.3 Å². The molecule has 1 aromatic heterocycles. The molecule has 0 aliphatic heterocycles. The van der Waals surface area contributed by atoms with Crippen LogP contribution in [0, 0.1) is 5.82 Å². The Labute approximate surface area is 115 Å². The topological polar surface area (TPSA) is 64.0 Å². The van der Waals surface area contributed by atoms with Crippen LogP contribution in [-0.2, 0) is 11.3 Å². The molecule has 5 nitrogen and oxygen atoms in total. The predicted octanol–water partition coefficient (Wildman–Crippen LogP) is 1.19. The maximum atomic E-state index is 12.9. The summed E-state index contributed by atoms with van der Waals surface area (Å²) in [6, 6.07) is 8.86. The van der Waals surface area contributed by atoms with Gasteiger partial charge in [-0.3, -0.25) is 9.59 Å². The van der Waals surface area contributed by atoms with Crippen LogP contribution in [0.5, 0.6) is 0 Å². The molecule has 1 aromatic carbocycles. The van der Waals surface area contributed by atoms with Gasteiger partial charge in [-0.25, -0.2) is 9.07 Å². The van der Waals surface area contributed by atoms with Gasteiger partial charge in [-0.15, -0.1) is 0 Å². The summed E-state index contributed by atoms with van der Waals surface area (Å²) in [6.45, 7) is 2.02. The maximum absolute atomic E-state index is 12.9. The van der Waals surface area contributed by atoms with Gasteiger partial charge < -0.3 is 5.32 Å². The Kier molecular flexibility index (Phi) is 4.24. The van der Waals surface area contributed by atoms with E-state index in [1.807, 2.05) is 0 Å². The average molecular weight is 275 g/mol. The monoisotopic (exact) mass is 275 g/mol. The lowest BCUT2D eigenvalue weighted by Crippen LogP contribution is -2.30. The SMILES string of the molecule is CC(=O)NCCn1nc(-c2ccc(F)cc2)ccc1=O. The van der Waals surface area contributed by atoms with Crippen molar-refractivity contribution in [1.82, 2.24) is 15.1 Å². The van der Waals surface area contributed by atoms with Gasteiger partial charge in [-0.1, -0.05) is 0 Å². The second kappa shape index (κ2) is 6.10. The quantitative estimate of drug-likeness (QED) is 0.911. The van der Waals surface area contributed by atoms with Gasteiger partial charge in [-0.2, -0.15) is 5.10 Å². The van der Waals surface area contributed by atoms with E-state index in [0.717, 1.165) is 5.56 Å². The van der Waals surface area contributed by atoms with Crippen molar-refractivity contribution in [3.8, 4) is 11.3 Å². The molecule has 1 N–H and O–H groups in total. The molecule has 0 aliphatic carbocycles. The molecule has 0 radical (unpaired) electrons. The molecule has 0 atom stereocenters. The van der Waals surface area contributed by atoms with Crippen molar-refractivity contribution >= 4 is 5.91 Å². The van der Waals surface area contributed by atoms with E-state index in [1.165, 1.54) is 29.8 Å². The van der Waals surface area contributed by atoms with Crippen LogP contribution in [0.15, 0.2) is 41.2 Å². The smallest absolute Gasteiger partial charge is 0.266 e. The molecule has 0 bridgehead atoms. The normalized spacial score (nSPS) is 10.3. The zero-order valence-electron chi connectivity index (χ0n) is 11.0. The van der Waals surface area contributed by atoms with Crippen molar-refractivity contribution in [2.75, 3.05) is 6.54 Å². The lowest BCUT2D eigenvalue weighted by atomic mass is 10.1. The third kappa shape index (κ3) is 3.50. The third-order valence-corrected chi connectivity index (χ3v) is 2.70. The molecule has 0 spiro atoms. The number of carbonyl (C=O) groups excluding carboxylic acids is 1. The minimum absolute atomic E-state index is 0.160. The molecule has 1 amide bonds. The van der Waals surface area contributed by atoms with Crippen LogP contribution in [0.4, 0.5) is 4.39 Å². The van der Waals surface area contributed by atoms with E-state index in [9.17, 15) is 14.0 Å². The van der Waals surface area contributed by atoms with Gasteiger partial charge in [0.25, 0.3) is 5.56 Å². The van der Waals surface area contributed by atoms with E-state index in [-0.39, 0.29) is 23.8 Å². The van der Waals surface area contributed by atoms with Crippen molar-refractivity contribution < 1.29 is 9.18 Å². The first-order valence-electron chi connectivity index (χ1n) is 6.15. The number of nitrogens with one attached hydrogen (secondary N) is 1. The summed E-state index contributed by atoms with van der Waals surface area (Å²) in [5.41, 5.74) is 1.05. The number of hydrogen-bond donors (Lipinski definition) is 1. The molecule has 104 valence electrons. The predicted molar refractivity (Wildman–Crippen MR) is 72.6 cm³/mol. The third-order valence-electron chi connectivity index (χ3n) is 2.70. The molecule has 0 saturated carbocycles. The van der Waals surface area contributed by atoms with Crippen LogP contribution in [0.1, 0.15) is 6.92 Å². The van der Waals surface area contributed by atoms with Gasteiger partial charge in [0.2, 0.25) is 5.91 Å². The summed E-state index contributed by atoms with van der Waals surface area (Å²) in [6.07, 6.45) is 0. The Morgan fingerprint density at radius 2 is 1.95 bits per heavy atom. The molecule has 6 heteroatoms. The first-order valence-corrected chi connectivity index (χ1v) is 6.15. The van der Waals surface area contributed by atoms with E-state index in [4.69, 9.17) is 0 Å². The Morgan fingerprint density at radius 3 is 2.60 bits per heavy atom. The number of hydrogen-bond acceptors (Lipinski definition) is 3. The molecule has 0 fully saturated rings. The minimum atomic E-state index is -0.326. The Bertz CT molecular complexity index is 665. The largest absolute Gasteiger partial charge is 0.354 e. The molecule has 0 aliphatic rings. The van der Waals surface area contributed by atoms with Crippen LogP contribution >= 0.6 is 0 Å². The zero-order chi connectivity index (χ0) is 14.5. The fraction of sp³-hybridized carbons (Fsp3) is 0.214. The standard InChI is InChI=1S/C14H14FN3O2/c1-10(19)16-8-9-18-14(20)7-6-13(17-18)11-2-4-12(15)5-3-11/h2-7H,8-9H2,1H3,(H,16,19). The van der Waals surface area contributed by atoms with E-state index >= 15 is 0 Å². The highest BCUT2D eigenvalue weighted by molar-refractivity contribution is 5.72. The minimum Gasteiger partial charge on any atom is -0.354 e. The second-order valence-electron chi connectivity index (χ2n) is 4.27. The Morgan fingerprint density at radius 1 is 1.25 bits per heavy atom. The molecular formula is C14H14FN3O2. The highest BCUT2D eigenvalue weighted by Gasteiger charge is 2.04. The van der Waals surface area contributed by atoms with Crippen molar-refractivity contribution in [2.45, 2.75) is 13.5 Å². The highest BCUT2D eigenvalue weighted by Crippen LogP contribution is 2.15. The lowest BCUT2D eigenvalue weighted by Gasteiger charge is -2.07. The molecule has 1 heterocycles. The van der Waals surface area contributed by atoms with Crippen LogP contribution in [-0.4, -0.2) is 22.2 Å². The number of halogens is 1. The number of benzene rings is 1. The van der Waals surface area contributed by atoms with Crippen LogP contribution < -0.4 is 10.9 Å². The summed E-state index contributed by atoms with van der Waals surface area (Å²) in [4.78, 5) is 22.4. The van der Waals surface area contributed by atoms with Gasteiger partial charge in [0.1, 0.15) is 5.82 Å². The zero-order valence-corrected chi connectivity index (χ0v) is 11.0. The molecule has 0 saturated heterocycles. The van der Waals surface area contributed by atoms with Crippen LogP contribution in [0.3, 0.4) is 0 Å². The van der Waals surface area contributed by atoms with Gasteiger partial charge in [-0.05, 0) is 30.3 Å². The fourth-order valence-corrected chi connectivity index (χ4v) is 1.72. The number of nitrogens with zero attached hydrogens (tertiary/aromatic N) is 2. The maximum Gasteiger partial charge on any atom is 0.266 e. The number of aromatic nitrogens is 2. The van der Waals surface area contributed by atoms with Gasteiger partial charge in [0.15, 0.2) is 0 Å². The summed E-state index contributed by atoms with van der Waals surface area (Å²) in [5, 5.41) is 6.80. The van der Waals surface area contributed by atoms with Crippen LogP contribution in [0.2, 0.25) is 0 Å². The van der Waals surface area contributed by atoms with Gasteiger partial charge in [0, 0.05) is 25.1 Å². The first kappa shape index (κ1) is 13.9. The summed E-state index contributed by atoms with van der Waals surface area (Å²) < 4.78 is 14.1. The van der Waals surface area contributed by atoms with E-state index < -0.39 is 0 Å². The summed E-state index contributed by atoms with van der Waals surface area (Å²) in [5.74, 6) is -0.486. The molecular weight excluding hydrogens is 261 g/mol. The molecule has 20 heavy (non-hydrogen) atoms. The Balaban J connectivity index is 2.21. The average Bonchev–Trinajstić information content (AvgIpc) is 2.41. The lowest BCUT2D eigenvalue weighted by molar-refractivity contribution is -0.118. The highest BCUT2D eigenvalue weighted by atomic mass is 19.1. The fourth-order valence-electron chi connectivity index (χ4n) is 1.72. The summed E-state index contributed by atoms with van der Waals surface area (Å²) >= 11 is 0. The van der Waals surface area contributed by atoms with Crippen molar-refractivity contribution in [3.63, 3.8) is 0 Å². The van der Waals surface area contributed by atoms with Crippen molar-refractivity contribution in [1.29, 1.82) is 0 Å². The first-order chi connectivity index (χ1) is 9.56. The van der Waals surface area contributed by atoms with Gasteiger partial charge in [0.05, 0.1) is 12.2 Å².